The number of rotatable bonds is 2. The van der Waals surface area contributed by atoms with Gasteiger partial charge in [-0.1, -0.05) is 37.5 Å². The summed E-state index contributed by atoms with van der Waals surface area (Å²) in [6.07, 6.45) is 6.21. The normalized spacial score (nSPS) is 27.4. The van der Waals surface area contributed by atoms with Gasteiger partial charge in [0, 0.05) is 0 Å². The molecule has 102 valence electrons. The number of para-hydroxylation sites is 1. The lowest BCUT2D eigenvalue weighted by Crippen LogP contribution is -2.48. The van der Waals surface area contributed by atoms with Crippen LogP contribution in [0.25, 0.3) is 0 Å². The fourth-order valence-corrected chi connectivity index (χ4v) is 3.62. The summed E-state index contributed by atoms with van der Waals surface area (Å²) in [6, 6.07) is 7.82. The third kappa shape index (κ3) is 2.11. The van der Waals surface area contributed by atoms with Crippen molar-refractivity contribution in [2.24, 2.45) is 11.3 Å². The van der Waals surface area contributed by atoms with Crippen molar-refractivity contribution in [2.75, 3.05) is 6.61 Å². The number of carbonyl (C=O) groups is 1. The molecule has 1 atom stereocenters. The lowest BCUT2D eigenvalue weighted by molar-refractivity contribution is -0.157. The lowest BCUT2D eigenvalue weighted by atomic mass is 9.65. The van der Waals surface area contributed by atoms with Crippen molar-refractivity contribution >= 4 is 5.97 Å². The fraction of sp³-hybridized carbons (Fsp3) is 0.562. The SMILES string of the molecule is O=C(O)C1(C2CCCCC2)COc2ccccc2C1. The fourth-order valence-electron chi connectivity index (χ4n) is 3.62. The second kappa shape index (κ2) is 4.87. The van der Waals surface area contributed by atoms with Gasteiger partial charge in [0.2, 0.25) is 0 Å². The summed E-state index contributed by atoms with van der Waals surface area (Å²) < 4.78 is 5.77. The van der Waals surface area contributed by atoms with Crippen LogP contribution in [0.4, 0.5) is 0 Å². The standard InChI is InChI=1S/C16H20O3/c17-15(18)16(13-7-2-1-3-8-13)10-12-6-4-5-9-14(12)19-11-16/h4-6,9,13H,1-3,7-8,10-11H2,(H,17,18). The van der Waals surface area contributed by atoms with Crippen molar-refractivity contribution in [1.29, 1.82) is 0 Å². The van der Waals surface area contributed by atoms with Gasteiger partial charge < -0.3 is 9.84 Å². The maximum Gasteiger partial charge on any atom is 0.313 e. The zero-order valence-electron chi connectivity index (χ0n) is 11.1. The summed E-state index contributed by atoms with van der Waals surface area (Å²) in [5, 5.41) is 9.79. The Morgan fingerprint density at radius 1 is 1.21 bits per heavy atom. The van der Waals surface area contributed by atoms with Crippen LogP contribution in [0.3, 0.4) is 0 Å². The highest BCUT2D eigenvalue weighted by atomic mass is 16.5. The molecule has 3 rings (SSSR count). The van der Waals surface area contributed by atoms with Gasteiger partial charge in [-0.3, -0.25) is 4.79 Å². The number of fused-ring (bicyclic) bond motifs is 1. The second-order valence-electron chi connectivity index (χ2n) is 5.87. The second-order valence-corrected chi connectivity index (χ2v) is 5.87. The summed E-state index contributed by atoms with van der Waals surface area (Å²) in [5.41, 5.74) is 0.330. The molecule has 1 heterocycles. The van der Waals surface area contributed by atoms with Crippen LogP contribution < -0.4 is 4.74 Å². The summed E-state index contributed by atoms with van der Waals surface area (Å²) >= 11 is 0. The highest BCUT2D eigenvalue weighted by molar-refractivity contribution is 5.76. The average molecular weight is 260 g/mol. The van der Waals surface area contributed by atoms with Gasteiger partial charge in [0.1, 0.15) is 17.8 Å². The molecule has 0 radical (unpaired) electrons. The molecule has 1 aliphatic carbocycles. The summed E-state index contributed by atoms with van der Waals surface area (Å²) in [4.78, 5) is 11.9. The molecule has 1 N–H and O–H groups in total. The molecule has 3 nitrogen and oxygen atoms in total. The van der Waals surface area contributed by atoms with Gasteiger partial charge >= 0.3 is 5.97 Å². The molecule has 0 amide bonds. The Morgan fingerprint density at radius 3 is 2.68 bits per heavy atom. The van der Waals surface area contributed by atoms with Crippen molar-refractivity contribution < 1.29 is 14.6 Å². The average Bonchev–Trinajstić information content (AvgIpc) is 2.47. The molecule has 0 bridgehead atoms. The van der Waals surface area contributed by atoms with Crippen molar-refractivity contribution in [3.8, 4) is 5.75 Å². The van der Waals surface area contributed by atoms with Crippen molar-refractivity contribution in [3.63, 3.8) is 0 Å². The van der Waals surface area contributed by atoms with E-state index in [4.69, 9.17) is 4.74 Å². The number of hydrogen-bond acceptors (Lipinski definition) is 2. The van der Waals surface area contributed by atoms with Crippen LogP contribution in [0.5, 0.6) is 5.75 Å². The van der Waals surface area contributed by atoms with Crippen LogP contribution in [-0.2, 0) is 11.2 Å². The van der Waals surface area contributed by atoms with Gasteiger partial charge in [-0.05, 0) is 36.8 Å². The smallest absolute Gasteiger partial charge is 0.313 e. The van der Waals surface area contributed by atoms with Crippen molar-refractivity contribution in [2.45, 2.75) is 38.5 Å². The van der Waals surface area contributed by atoms with E-state index in [0.29, 0.717) is 13.0 Å². The zero-order valence-corrected chi connectivity index (χ0v) is 11.1. The predicted octanol–water partition coefficient (Wildman–Crippen LogP) is 3.27. The molecular formula is C16H20O3. The topological polar surface area (TPSA) is 46.5 Å². The Hall–Kier alpha value is -1.51. The molecule has 1 aromatic rings. The molecule has 0 spiro atoms. The zero-order chi connectivity index (χ0) is 13.3. The molecule has 1 unspecified atom stereocenters. The Labute approximate surface area is 113 Å². The maximum absolute atomic E-state index is 11.9. The van der Waals surface area contributed by atoms with Crippen LogP contribution in [-0.4, -0.2) is 17.7 Å². The van der Waals surface area contributed by atoms with Crippen molar-refractivity contribution in [1.82, 2.24) is 0 Å². The van der Waals surface area contributed by atoms with Crippen LogP contribution in [0.15, 0.2) is 24.3 Å². The minimum atomic E-state index is -0.714. The van der Waals surface area contributed by atoms with Gasteiger partial charge in [0.05, 0.1) is 0 Å². The first-order chi connectivity index (χ1) is 9.22. The van der Waals surface area contributed by atoms with Crippen LogP contribution in [0.2, 0.25) is 0 Å². The molecule has 1 aliphatic heterocycles. The first-order valence-corrected chi connectivity index (χ1v) is 7.16. The molecule has 1 saturated carbocycles. The molecule has 0 saturated heterocycles. The van der Waals surface area contributed by atoms with Gasteiger partial charge in [0.15, 0.2) is 0 Å². The number of carboxylic acid groups (broad SMARTS) is 1. The Kier molecular flexibility index (Phi) is 3.21. The number of carboxylic acids is 1. The van der Waals surface area contributed by atoms with E-state index in [1.165, 1.54) is 6.42 Å². The number of ether oxygens (including phenoxy) is 1. The summed E-state index contributed by atoms with van der Waals surface area (Å²) in [6.45, 7) is 0.323. The molecule has 3 heteroatoms. The first-order valence-electron chi connectivity index (χ1n) is 7.16. The summed E-state index contributed by atoms with van der Waals surface area (Å²) in [5.74, 6) is 0.427. The van der Waals surface area contributed by atoms with Crippen LogP contribution >= 0.6 is 0 Å². The third-order valence-electron chi connectivity index (χ3n) is 4.78. The van der Waals surface area contributed by atoms with E-state index in [-0.39, 0.29) is 5.92 Å². The highest BCUT2D eigenvalue weighted by Crippen LogP contribution is 2.45. The Balaban J connectivity index is 1.93. The van der Waals surface area contributed by atoms with Crippen LogP contribution in [0, 0.1) is 11.3 Å². The molecule has 1 aromatic carbocycles. The van der Waals surface area contributed by atoms with E-state index in [0.717, 1.165) is 37.0 Å². The van der Waals surface area contributed by atoms with Gasteiger partial charge in [-0.15, -0.1) is 0 Å². The van der Waals surface area contributed by atoms with Gasteiger partial charge in [-0.2, -0.15) is 0 Å². The van der Waals surface area contributed by atoms with E-state index < -0.39 is 11.4 Å². The monoisotopic (exact) mass is 260 g/mol. The van der Waals surface area contributed by atoms with E-state index in [1.807, 2.05) is 24.3 Å². The van der Waals surface area contributed by atoms with E-state index in [9.17, 15) is 9.90 Å². The molecule has 19 heavy (non-hydrogen) atoms. The summed E-state index contributed by atoms with van der Waals surface area (Å²) in [7, 11) is 0. The number of hydrogen-bond donors (Lipinski definition) is 1. The van der Waals surface area contributed by atoms with E-state index >= 15 is 0 Å². The van der Waals surface area contributed by atoms with Gasteiger partial charge in [0.25, 0.3) is 0 Å². The minimum absolute atomic E-state index is 0.257. The van der Waals surface area contributed by atoms with Crippen molar-refractivity contribution in [3.05, 3.63) is 29.8 Å². The van der Waals surface area contributed by atoms with Crippen LogP contribution in [0.1, 0.15) is 37.7 Å². The third-order valence-corrected chi connectivity index (χ3v) is 4.78. The molecule has 0 aromatic heterocycles. The molecule has 1 fully saturated rings. The first kappa shape index (κ1) is 12.5. The van der Waals surface area contributed by atoms with Gasteiger partial charge in [-0.25, -0.2) is 0 Å². The number of aliphatic carboxylic acids is 1. The molecular weight excluding hydrogens is 240 g/mol. The predicted molar refractivity (Wildman–Crippen MR) is 72.3 cm³/mol. The Bertz CT molecular complexity index is 477. The largest absolute Gasteiger partial charge is 0.492 e. The quantitative estimate of drug-likeness (QED) is 0.887. The number of benzene rings is 1. The minimum Gasteiger partial charge on any atom is -0.492 e. The lowest BCUT2D eigenvalue weighted by Gasteiger charge is -2.42. The highest BCUT2D eigenvalue weighted by Gasteiger charge is 2.49. The maximum atomic E-state index is 11.9. The van der Waals surface area contributed by atoms with E-state index in [2.05, 4.69) is 0 Å². The van der Waals surface area contributed by atoms with E-state index in [1.54, 1.807) is 0 Å². The Morgan fingerprint density at radius 2 is 1.95 bits per heavy atom. The molecule has 2 aliphatic rings.